The number of hydrogen-bond donors (Lipinski definition) is 0. The summed E-state index contributed by atoms with van der Waals surface area (Å²) < 4.78 is 16.2. The van der Waals surface area contributed by atoms with Gasteiger partial charge in [-0.15, -0.1) is 0 Å². The lowest BCUT2D eigenvalue weighted by molar-refractivity contribution is -0.126. The van der Waals surface area contributed by atoms with E-state index in [1.165, 1.54) is 12.1 Å². The molecule has 2 aromatic heterocycles. The van der Waals surface area contributed by atoms with Gasteiger partial charge in [-0.25, -0.2) is 9.37 Å². The van der Waals surface area contributed by atoms with Gasteiger partial charge < -0.3 is 9.80 Å². The van der Waals surface area contributed by atoms with E-state index in [0.29, 0.717) is 48.0 Å². The molecule has 1 amide bonds. The molecule has 5 nitrogen and oxygen atoms in total. The monoisotopic (exact) mass is 384 g/mol. The van der Waals surface area contributed by atoms with E-state index in [1.807, 2.05) is 10.5 Å². The SMILES string of the molecule is C=CC(=O)N1CCN(c2ccnc3c(-c4ccccc4F)c(Cl)cn23)CC1. The molecule has 0 atom stereocenters. The van der Waals surface area contributed by atoms with Crippen molar-refractivity contribution in [3.05, 3.63) is 66.2 Å². The number of rotatable bonds is 3. The molecule has 7 heteroatoms. The highest BCUT2D eigenvalue weighted by Crippen LogP contribution is 2.36. The Morgan fingerprint density at radius 2 is 1.93 bits per heavy atom. The molecule has 1 saturated heterocycles. The number of aromatic nitrogens is 2. The Morgan fingerprint density at radius 3 is 2.63 bits per heavy atom. The van der Waals surface area contributed by atoms with Crippen LogP contribution in [0.15, 0.2) is 55.4 Å². The van der Waals surface area contributed by atoms with Gasteiger partial charge in [-0.3, -0.25) is 9.20 Å². The van der Waals surface area contributed by atoms with Gasteiger partial charge in [0.25, 0.3) is 0 Å². The molecule has 3 aromatic rings. The molecule has 1 aliphatic heterocycles. The molecule has 0 unspecified atom stereocenters. The van der Waals surface area contributed by atoms with Crippen molar-refractivity contribution in [1.82, 2.24) is 14.3 Å². The van der Waals surface area contributed by atoms with Crippen LogP contribution in [0.3, 0.4) is 0 Å². The van der Waals surface area contributed by atoms with E-state index in [4.69, 9.17) is 11.6 Å². The first-order valence-corrected chi connectivity index (χ1v) is 9.04. The van der Waals surface area contributed by atoms with Gasteiger partial charge in [-0.2, -0.15) is 0 Å². The Labute approximate surface area is 161 Å². The molecule has 1 aliphatic rings. The predicted molar refractivity (Wildman–Crippen MR) is 105 cm³/mol. The lowest BCUT2D eigenvalue weighted by Crippen LogP contribution is -2.48. The second-order valence-corrected chi connectivity index (χ2v) is 6.75. The Balaban J connectivity index is 1.73. The number of carbonyl (C=O) groups excluding carboxylic acids is 1. The number of amides is 1. The number of piperazine rings is 1. The fourth-order valence-electron chi connectivity index (χ4n) is 3.48. The fraction of sp³-hybridized carbons (Fsp3) is 0.200. The van der Waals surface area contributed by atoms with Crippen molar-refractivity contribution in [3.63, 3.8) is 0 Å². The van der Waals surface area contributed by atoms with Gasteiger partial charge in [0.1, 0.15) is 17.3 Å². The second-order valence-electron chi connectivity index (χ2n) is 6.34. The normalized spacial score (nSPS) is 14.6. The van der Waals surface area contributed by atoms with E-state index in [1.54, 1.807) is 35.5 Å². The maximum atomic E-state index is 14.3. The maximum Gasteiger partial charge on any atom is 0.246 e. The number of benzene rings is 1. The molecule has 0 saturated carbocycles. The van der Waals surface area contributed by atoms with Crippen LogP contribution in [-0.4, -0.2) is 46.4 Å². The summed E-state index contributed by atoms with van der Waals surface area (Å²) in [5.74, 6) is 0.520. The summed E-state index contributed by atoms with van der Waals surface area (Å²) in [6.45, 7) is 6.14. The summed E-state index contributed by atoms with van der Waals surface area (Å²) in [6, 6.07) is 8.44. The molecule has 0 spiro atoms. The number of halogens is 2. The highest BCUT2D eigenvalue weighted by molar-refractivity contribution is 6.34. The molecule has 0 aliphatic carbocycles. The average molecular weight is 385 g/mol. The van der Waals surface area contributed by atoms with Gasteiger partial charge in [0.05, 0.1) is 5.02 Å². The Bertz CT molecular complexity index is 1020. The van der Waals surface area contributed by atoms with Crippen LogP contribution in [0.25, 0.3) is 16.8 Å². The largest absolute Gasteiger partial charge is 0.354 e. The van der Waals surface area contributed by atoms with Crippen molar-refractivity contribution >= 4 is 29.0 Å². The second kappa shape index (κ2) is 7.04. The fourth-order valence-corrected chi connectivity index (χ4v) is 3.76. The van der Waals surface area contributed by atoms with E-state index >= 15 is 0 Å². The first-order chi connectivity index (χ1) is 13.1. The lowest BCUT2D eigenvalue weighted by atomic mass is 10.1. The van der Waals surface area contributed by atoms with Crippen molar-refractivity contribution < 1.29 is 9.18 Å². The topological polar surface area (TPSA) is 40.9 Å². The number of fused-ring (bicyclic) bond motifs is 1. The molecule has 0 N–H and O–H groups in total. The third-order valence-corrected chi connectivity index (χ3v) is 5.12. The Morgan fingerprint density at radius 1 is 1.19 bits per heavy atom. The minimum Gasteiger partial charge on any atom is -0.354 e. The summed E-state index contributed by atoms with van der Waals surface area (Å²) in [5, 5.41) is 0.445. The number of nitrogens with zero attached hydrogens (tertiary/aromatic N) is 4. The van der Waals surface area contributed by atoms with Crippen molar-refractivity contribution in [2.75, 3.05) is 31.1 Å². The van der Waals surface area contributed by atoms with Crippen LogP contribution in [0.1, 0.15) is 0 Å². The van der Waals surface area contributed by atoms with E-state index in [-0.39, 0.29) is 11.7 Å². The van der Waals surface area contributed by atoms with Crippen LogP contribution in [0.5, 0.6) is 0 Å². The van der Waals surface area contributed by atoms with Crippen LogP contribution >= 0.6 is 11.6 Å². The summed E-state index contributed by atoms with van der Waals surface area (Å²) in [5.41, 5.74) is 1.61. The maximum absolute atomic E-state index is 14.3. The van der Waals surface area contributed by atoms with Crippen molar-refractivity contribution in [2.24, 2.45) is 0 Å². The zero-order chi connectivity index (χ0) is 19.0. The molecular formula is C20H18ClFN4O. The number of carbonyl (C=O) groups is 1. The lowest BCUT2D eigenvalue weighted by Gasteiger charge is -2.35. The van der Waals surface area contributed by atoms with Crippen LogP contribution in [-0.2, 0) is 4.79 Å². The zero-order valence-corrected chi connectivity index (χ0v) is 15.4. The molecule has 1 aromatic carbocycles. The van der Waals surface area contributed by atoms with E-state index in [0.717, 1.165) is 5.82 Å². The summed E-state index contributed by atoms with van der Waals surface area (Å²) in [6.07, 6.45) is 4.81. The summed E-state index contributed by atoms with van der Waals surface area (Å²) in [7, 11) is 0. The summed E-state index contributed by atoms with van der Waals surface area (Å²) in [4.78, 5) is 20.2. The first kappa shape index (κ1) is 17.5. The Kier molecular flexibility index (Phi) is 4.58. The average Bonchev–Trinajstić information content (AvgIpc) is 3.03. The molecule has 4 rings (SSSR count). The van der Waals surface area contributed by atoms with Crippen LogP contribution in [0, 0.1) is 5.82 Å². The standard InChI is InChI=1S/C20H18ClFN4O/c1-2-18(27)25-11-9-24(10-12-25)17-7-8-23-20-19(15(21)13-26(17)20)14-5-3-4-6-16(14)22/h2-8,13H,1,9-12H2. The number of hydrogen-bond acceptors (Lipinski definition) is 3. The van der Waals surface area contributed by atoms with E-state index < -0.39 is 0 Å². The van der Waals surface area contributed by atoms with Crippen LogP contribution in [0.4, 0.5) is 10.2 Å². The third-order valence-electron chi connectivity index (χ3n) is 4.83. The van der Waals surface area contributed by atoms with Gasteiger partial charge in [0.15, 0.2) is 0 Å². The van der Waals surface area contributed by atoms with Crippen molar-refractivity contribution in [1.29, 1.82) is 0 Å². The van der Waals surface area contributed by atoms with Crippen molar-refractivity contribution in [3.8, 4) is 11.1 Å². The van der Waals surface area contributed by atoms with E-state index in [9.17, 15) is 9.18 Å². The summed E-state index contributed by atoms with van der Waals surface area (Å²) >= 11 is 6.46. The van der Waals surface area contributed by atoms with Gasteiger partial charge in [0.2, 0.25) is 5.91 Å². The first-order valence-electron chi connectivity index (χ1n) is 8.67. The van der Waals surface area contributed by atoms with E-state index in [2.05, 4.69) is 16.5 Å². The van der Waals surface area contributed by atoms with Crippen molar-refractivity contribution in [2.45, 2.75) is 0 Å². The van der Waals surface area contributed by atoms with Gasteiger partial charge >= 0.3 is 0 Å². The number of anilines is 1. The molecule has 138 valence electrons. The highest BCUT2D eigenvalue weighted by Gasteiger charge is 2.23. The smallest absolute Gasteiger partial charge is 0.246 e. The molecule has 0 bridgehead atoms. The van der Waals surface area contributed by atoms with Gasteiger partial charge in [-0.1, -0.05) is 36.4 Å². The van der Waals surface area contributed by atoms with Gasteiger partial charge in [0, 0.05) is 49.7 Å². The zero-order valence-electron chi connectivity index (χ0n) is 14.6. The highest BCUT2D eigenvalue weighted by atomic mass is 35.5. The quantitative estimate of drug-likeness (QED) is 0.647. The third kappa shape index (κ3) is 3.06. The van der Waals surface area contributed by atoms with Crippen LogP contribution < -0.4 is 4.90 Å². The molecular weight excluding hydrogens is 367 g/mol. The van der Waals surface area contributed by atoms with Gasteiger partial charge in [-0.05, 0) is 18.2 Å². The minimum absolute atomic E-state index is 0.0552. The predicted octanol–water partition coefficient (Wildman–Crippen LogP) is 3.63. The minimum atomic E-state index is -0.337. The Hall–Kier alpha value is -2.86. The molecule has 0 radical (unpaired) electrons. The molecule has 1 fully saturated rings. The molecule has 3 heterocycles. The van der Waals surface area contributed by atoms with Crippen LogP contribution in [0.2, 0.25) is 5.02 Å². The molecule has 27 heavy (non-hydrogen) atoms.